The summed E-state index contributed by atoms with van der Waals surface area (Å²) in [5.41, 5.74) is -0.255. The molecule has 0 aromatic heterocycles. The Balaban J connectivity index is 1.66. The highest BCUT2D eigenvalue weighted by Gasteiger charge is 2.49. The number of fused-ring (bicyclic) bond motifs is 2. The van der Waals surface area contributed by atoms with E-state index in [0.717, 1.165) is 12.8 Å². The second kappa shape index (κ2) is 8.44. The fourth-order valence-corrected chi connectivity index (χ4v) is 3.89. The molecule has 1 heterocycles. The zero-order valence-electron chi connectivity index (χ0n) is 14.7. The van der Waals surface area contributed by atoms with Gasteiger partial charge in [0.2, 0.25) is 0 Å². The molecule has 0 spiro atoms. The average molecular weight is 310 g/mol. The number of hydrogen-bond acceptors (Lipinski definition) is 3. The largest absolute Gasteiger partial charge is 0.299 e. The van der Waals surface area contributed by atoms with Crippen LogP contribution in [0.3, 0.4) is 0 Å². The van der Waals surface area contributed by atoms with Gasteiger partial charge in [0.1, 0.15) is 17.5 Å². The van der Waals surface area contributed by atoms with E-state index in [0.29, 0.717) is 18.1 Å². The predicted molar refractivity (Wildman–Crippen MR) is 88.5 cm³/mol. The lowest BCUT2D eigenvalue weighted by molar-refractivity contribution is -0.429. The third-order valence-corrected chi connectivity index (χ3v) is 5.78. The van der Waals surface area contributed by atoms with Gasteiger partial charge in [-0.25, -0.2) is 9.78 Å². The molecule has 0 unspecified atom stereocenters. The fourth-order valence-electron chi connectivity index (χ4n) is 3.89. The Morgan fingerprint density at radius 2 is 1.73 bits per heavy atom. The first-order valence-corrected chi connectivity index (χ1v) is 9.44. The van der Waals surface area contributed by atoms with Gasteiger partial charge in [0.25, 0.3) is 0 Å². The summed E-state index contributed by atoms with van der Waals surface area (Å²) in [5, 5.41) is 0. The van der Waals surface area contributed by atoms with Gasteiger partial charge in [-0.2, -0.15) is 0 Å². The van der Waals surface area contributed by atoms with Crippen LogP contribution in [0.4, 0.5) is 0 Å². The van der Waals surface area contributed by atoms with E-state index < -0.39 is 0 Å². The first-order valence-electron chi connectivity index (χ1n) is 9.44. The molecule has 1 aliphatic carbocycles. The molecule has 2 rings (SSSR count). The second-order valence-electron chi connectivity index (χ2n) is 7.65. The summed E-state index contributed by atoms with van der Waals surface area (Å²) in [6.45, 7) is 6.36. The Kier molecular flexibility index (Phi) is 6.88. The van der Waals surface area contributed by atoms with Crippen LogP contribution in [0.25, 0.3) is 0 Å². The molecule has 22 heavy (non-hydrogen) atoms. The monoisotopic (exact) mass is 310 g/mol. The quantitative estimate of drug-likeness (QED) is 0.432. The molecule has 128 valence electrons. The van der Waals surface area contributed by atoms with Crippen LogP contribution < -0.4 is 0 Å². The number of ketones is 1. The molecule has 0 aromatic carbocycles. The van der Waals surface area contributed by atoms with Crippen molar-refractivity contribution in [2.75, 3.05) is 0 Å². The lowest BCUT2D eigenvalue weighted by Gasteiger charge is -2.47. The number of unbranched alkanes of at least 4 members (excludes halogenated alkanes) is 7. The standard InChI is InChI=1S/C19H34O3/c1-4-5-6-7-8-9-10-11-12-19(3)16-13-17(20)15(2)18(14-16)21-22-19/h15-16,18H,4-14H2,1-3H3/t15-,16+,18+,19+/m0/s1. The van der Waals surface area contributed by atoms with Crippen LogP contribution in [0.1, 0.15) is 91.4 Å². The first kappa shape index (κ1) is 17.9. The predicted octanol–water partition coefficient (Wildman–Crippen LogP) is 5.22. The third kappa shape index (κ3) is 4.55. The fraction of sp³-hybridized carbons (Fsp3) is 0.947. The second-order valence-corrected chi connectivity index (χ2v) is 7.65. The maximum Gasteiger partial charge on any atom is 0.138 e. The minimum absolute atomic E-state index is 0.00363. The Morgan fingerprint density at radius 3 is 2.41 bits per heavy atom. The van der Waals surface area contributed by atoms with Crippen molar-refractivity contribution in [3.05, 3.63) is 0 Å². The van der Waals surface area contributed by atoms with Gasteiger partial charge in [-0.3, -0.25) is 4.79 Å². The topological polar surface area (TPSA) is 35.5 Å². The van der Waals surface area contributed by atoms with E-state index in [2.05, 4.69) is 13.8 Å². The minimum Gasteiger partial charge on any atom is -0.299 e. The Hall–Kier alpha value is -0.410. The number of hydrogen-bond donors (Lipinski definition) is 0. The minimum atomic E-state index is -0.255. The summed E-state index contributed by atoms with van der Waals surface area (Å²) in [7, 11) is 0. The maximum atomic E-state index is 12.1. The summed E-state index contributed by atoms with van der Waals surface area (Å²) in [6, 6.07) is 0. The van der Waals surface area contributed by atoms with E-state index in [-0.39, 0.29) is 17.6 Å². The third-order valence-electron chi connectivity index (χ3n) is 5.78. The highest BCUT2D eigenvalue weighted by molar-refractivity contribution is 5.82. The van der Waals surface area contributed by atoms with Crippen LogP contribution in [0, 0.1) is 11.8 Å². The molecule has 2 aliphatic rings. The molecule has 0 radical (unpaired) electrons. The van der Waals surface area contributed by atoms with Crippen LogP contribution >= 0.6 is 0 Å². The number of rotatable bonds is 9. The summed E-state index contributed by atoms with van der Waals surface area (Å²) >= 11 is 0. The lowest BCUT2D eigenvalue weighted by atomic mass is 9.70. The molecule has 1 saturated carbocycles. The number of Topliss-reactive ketones (excluding diaryl/α,β-unsaturated/α-hetero) is 1. The number of carbonyl (C=O) groups excluding carboxylic acids is 1. The van der Waals surface area contributed by atoms with Gasteiger partial charge in [0, 0.05) is 18.3 Å². The van der Waals surface area contributed by atoms with Crippen LogP contribution in [0.2, 0.25) is 0 Å². The van der Waals surface area contributed by atoms with E-state index in [9.17, 15) is 4.79 Å². The summed E-state index contributed by atoms with van der Waals surface area (Å²) in [6.07, 6.45) is 13.2. The molecule has 1 aliphatic heterocycles. The van der Waals surface area contributed by atoms with Crippen molar-refractivity contribution in [3.8, 4) is 0 Å². The van der Waals surface area contributed by atoms with Gasteiger partial charge in [0.15, 0.2) is 0 Å². The van der Waals surface area contributed by atoms with Crippen molar-refractivity contribution >= 4 is 5.78 Å². The zero-order chi connectivity index (χ0) is 16.0. The SMILES string of the molecule is CCCCCCCCCC[C@@]1(C)OO[C@@H]2C[C@H]1CC(=O)[C@@H]2C. The van der Waals surface area contributed by atoms with E-state index in [1.807, 2.05) is 6.92 Å². The molecule has 3 nitrogen and oxygen atoms in total. The van der Waals surface area contributed by atoms with Crippen LogP contribution in [-0.2, 0) is 14.6 Å². The van der Waals surface area contributed by atoms with Crippen LogP contribution in [0.5, 0.6) is 0 Å². The summed E-state index contributed by atoms with van der Waals surface area (Å²) in [5.74, 6) is 0.704. The van der Waals surface area contributed by atoms with Crippen molar-refractivity contribution < 1.29 is 14.6 Å². The highest BCUT2D eigenvalue weighted by atomic mass is 17.2. The normalized spacial score (nSPS) is 34.9. The molecule has 3 heteroatoms. The molecular formula is C19H34O3. The number of carbonyl (C=O) groups is 1. The zero-order valence-corrected chi connectivity index (χ0v) is 14.7. The van der Waals surface area contributed by atoms with Gasteiger partial charge >= 0.3 is 0 Å². The lowest BCUT2D eigenvalue weighted by Crippen LogP contribution is -2.52. The van der Waals surface area contributed by atoms with Crippen molar-refractivity contribution in [2.24, 2.45) is 11.8 Å². The van der Waals surface area contributed by atoms with Crippen LogP contribution in [0.15, 0.2) is 0 Å². The van der Waals surface area contributed by atoms with E-state index in [1.165, 1.54) is 51.4 Å². The molecule has 1 saturated heterocycles. The van der Waals surface area contributed by atoms with Crippen molar-refractivity contribution in [1.29, 1.82) is 0 Å². The van der Waals surface area contributed by atoms with E-state index >= 15 is 0 Å². The average Bonchev–Trinajstić information content (AvgIpc) is 2.51. The molecule has 2 bridgehead atoms. The molecular weight excluding hydrogens is 276 g/mol. The Bertz CT molecular complexity index is 355. The Morgan fingerprint density at radius 1 is 1.09 bits per heavy atom. The molecule has 0 aromatic rings. The summed E-state index contributed by atoms with van der Waals surface area (Å²) < 4.78 is 0. The van der Waals surface area contributed by atoms with Crippen molar-refractivity contribution in [3.63, 3.8) is 0 Å². The molecule has 0 N–H and O–H groups in total. The van der Waals surface area contributed by atoms with Gasteiger partial charge < -0.3 is 0 Å². The van der Waals surface area contributed by atoms with Gasteiger partial charge in [-0.15, -0.1) is 0 Å². The van der Waals surface area contributed by atoms with Gasteiger partial charge in [-0.05, 0) is 19.8 Å². The van der Waals surface area contributed by atoms with Gasteiger partial charge in [0.05, 0.1) is 0 Å². The van der Waals surface area contributed by atoms with E-state index in [4.69, 9.17) is 9.78 Å². The maximum absolute atomic E-state index is 12.1. The van der Waals surface area contributed by atoms with E-state index in [1.54, 1.807) is 0 Å². The molecule has 2 fully saturated rings. The van der Waals surface area contributed by atoms with Crippen LogP contribution in [-0.4, -0.2) is 17.5 Å². The molecule has 4 atom stereocenters. The van der Waals surface area contributed by atoms with Crippen molar-refractivity contribution in [1.82, 2.24) is 0 Å². The smallest absolute Gasteiger partial charge is 0.138 e. The summed E-state index contributed by atoms with van der Waals surface area (Å²) in [4.78, 5) is 23.4. The molecule has 0 amide bonds. The highest BCUT2D eigenvalue weighted by Crippen LogP contribution is 2.44. The van der Waals surface area contributed by atoms with Gasteiger partial charge in [-0.1, -0.05) is 65.2 Å². The first-order chi connectivity index (χ1) is 10.6. The van der Waals surface area contributed by atoms with Crippen molar-refractivity contribution in [2.45, 2.75) is 103 Å². The Labute approximate surface area is 136 Å².